The van der Waals surface area contributed by atoms with Gasteiger partial charge in [0.25, 0.3) is 5.76 Å². The van der Waals surface area contributed by atoms with Gasteiger partial charge < -0.3 is 10.6 Å². The minimum atomic E-state index is -3.92. The summed E-state index contributed by atoms with van der Waals surface area (Å²) < 4.78 is 50.7. The van der Waals surface area contributed by atoms with Gasteiger partial charge in [-0.25, -0.2) is 8.42 Å². The number of halogens is 2. The third-order valence-corrected chi connectivity index (χ3v) is 6.15. The molecule has 0 saturated carbocycles. The van der Waals surface area contributed by atoms with Gasteiger partial charge in [-0.3, -0.25) is 9.59 Å². The van der Waals surface area contributed by atoms with E-state index in [1.165, 1.54) is 62.5 Å². The van der Waals surface area contributed by atoms with Crippen molar-refractivity contribution in [1.82, 2.24) is 4.31 Å². The molecule has 2 aromatic rings. The molecule has 156 valence electrons. The Labute approximate surface area is 171 Å². The lowest BCUT2D eigenvalue weighted by molar-refractivity contribution is -0.116. The van der Waals surface area contributed by atoms with E-state index in [1.54, 1.807) is 0 Å². The largest absolute Gasteiger partial charge is 0.326 e. The highest BCUT2D eigenvalue weighted by Crippen LogP contribution is 2.26. The number of carbonyl (C=O) groups is 2. The lowest BCUT2D eigenvalue weighted by Gasteiger charge is -2.17. The maximum Gasteiger partial charge on any atom is 0.288 e. The number of sulfonamides is 1. The summed E-state index contributed by atoms with van der Waals surface area (Å²) in [4.78, 5) is 23.5. The summed E-state index contributed by atoms with van der Waals surface area (Å²) in [6.07, 6.45) is 0. The lowest BCUT2D eigenvalue weighted by atomic mass is 10.3. The van der Waals surface area contributed by atoms with Crippen molar-refractivity contribution < 1.29 is 26.8 Å². The molecule has 2 rings (SSSR count). The first kappa shape index (κ1) is 22.8. The summed E-state index contributed by atoms with van der Waals surface area (Å²) in [5.41, 5.74) is 0.810. The van der Waals surface area contributed by atoms with E-state index in [0.29, 0.717) is 28.0 Å². The van der Waals surface area contributed by atoms with Crippen molar-refractivity contribution in [3.8, 4) is 0 Å². The van der Waals surface area contributed by atoms with E-state index in [9.17, 15) is 26.8 Å². The molecule has 2 amide bonds. The Bertz CT molecular complexity index is 966. The predicted molar refractivity (Wildman–Crippen MR) is 107 cm³/mol. The van der Waals surface area contributed by atoms with Gasteiger partial charge in [0.05, 0.1) is 11.4 Å². The summed E-state index contributed by atoms with van der Waals surface area (Å²) in [6, 6.07) is 11.3. The SMILES string of the molecule is CC(=O)Nc1ccc(S(=O)(=O)N(C)CC(=O)Nc2ccc(SC(F)F)cc2)cc1. The van der Waals surface area contributed by atoms with Crippen molar-refractivity contribution in [3.05, 3.63) is 48.5 Å². The van der Waals surface area contributed by atoms with Crippen LogP contribution < -0.4 is 10.6 Å². The predicted octanol–water partition coefficient (Wildman–Crippen LogP) is 3.22. The molecule has 0 aromatic heterocycles. The molecule has 0 aliphatic rings. The summed E-state index contributed by atoms with van der Waals surface area (Å²) in [5, 5.41) is 5.05. The zero-order valence-electron chi connectivity index (χ0n) is 15.6. The molecule has 0 aliphatic carbocycles. The molecule has 0 spiro atoms. The third kappa shape index (κ3) is 6.80. The van der Waals surface area contributed by atoms with Crippen LogP contribution in [0.15, 0.2) is 58.3 Å². The molecule has 0 fully saturated rings. The Morgan fingerprint density at radius 3 is 2.03 bits per heavy atom. The van der Waals surface area contributed by atoms with Crippen LogP contribution in [-0.2, 0) is 19.6 Å². The highest BCUT2D eigenvalue weighted by atomic mass is 32.2. The number of likely N-dealkylation sites (N-methyl/N-ethyl adjacent to an activating group) is 1. The van der Waals surface area contributed by atoms with E-state index in [1.807, 2.05) is 0 Å². The molecule has 7 nitrogen and oxygen atoms in total. The zero-order chi connectivity index (χ0) is 21.6. The minimum absolute atomic E-state index is 0.0321. The number of thioether (sulfide) groups is 1. The second kappa shape index (κ2) is 9.81. The molecule has 0 heterocycles. The van der Waals surface area contributed by atoms with Crippen molar-refractivity contribution >= 4 is 45.0 Å². The van der Waals surface area contributed by atoms with E-state index >= 15 is 0 Å². The first-order chi connectivity index (χ1) is 13.6. The molecule has 0 aliphatic heterocycles. The standard InChI is InChI=1S/C18H19F2N3O4S2/c1-12(24)21-13-5-9-16(10-6-13)29(26,27)23(2)11-17(25)22-14-3-7-15(8-4-14)28-18(19)20/h3-10,18H,11H2,1-2H3,(H,21,24)(H,22,25). The summed E-state index contributed by atoms with van der Waals surface area (Å²) in [5.74, 6) is -3.41. The van der Waals surface area contributed by atoms with Crippen molar-refractivity contribution in [2.24, 2.45) is 0 Å². The van der Waals surface area contributed by atoms with Gasteiger partial charge in [0.2, 0.25) is 21.8 Å². The molecule has 0 radical (unpaired) electrons. The summed E-state index contributed by atoms with van der Waals surface area (Å²) in [7, 11) is -2.66. The molecule has 2 N–H and O–H groups in total. The molecule has 2 aromatic carbocycles. The fraction of sp³-hybridized carbons (Fsp3) is 0.222. The van der Waals surface area contributed by atoms with E-state index < -0.39 is 28.2 Å². The van der Waals surface area contributed by atoms with E-state index in [2.05, 4.69) is 10.6 Å². The number of hydrogen-bond acceptors (Lipinski definition) is 5. The van der Waals surface area contributed by atoms with Gasteiger partial charge in [0, 0.05) is 30.2 Å². The van der Waals surface area contributed by atoms with Crippen LogP contribution in [0.3, 0.4) is 0 Å². The fourth-order valence-corrected chi connectivity index (χ4v) is 3.93. The van der Waals surface area contributed by atoms with Gasteiger partial charge >= 0.3 is 0 Å². The average molecular weight is 443 g/mol. The Hall–Kier alpha value is -2.50. The smallest absolute Gasteiger partial charge is 0.288 e. The van der Waals surface area contributed by atoms with Crippen molar-refractivity contribution in [2.45, 2.75) is 22.5 Å². The van der Waals surface area contributed by atoms with Crippen LogP contribution in [0.4, 0.5) is 20.2 Å². The molecule has 29 heavy (non-hydrogen) atoms. The number of nitrogens with zero attached hydrogens (tertiary/aromatic N) is 1. The molecule has 0 saturated heterocycles. The molecule has 0 unspecified atom stereocenters. The fourth-order valence-electron chi connectivity index (χ4n) is 2.30. The first-order valence-corrected chi connectivity index (χ1v) is 10.6. The van der Waals surface area contributed by atoms with Crippen LogP contribution in [0.25, 0.3) is 0 Å². The first-order valence-electron chi connectivity index (χ1n) is 8.26. The topological polar surface area (TPSA) is 95.6 Å². The van der Waals surface area contributed by atoms with Gasteiger partial charge in [-0.1, -0.05) is 11.8 Å². The Kier molecular flexibility index (Phi) is 7.71. The monoisotopic (exact) mass is 443 g/mol. The van der Waals surface area contributed by atoms with E-state index in [-0.39, 0.29) is 10.8 Å². The highest BCUT2D eigenvalue weighted by Gasteiger charge is 2.23. The van der Waals surface area contributed by atoms with Crippen molar-refractivity contribution in [3.63, 3.8) is 0 Å². The molecule has 0 atom stereocenters. The highest BCUT2D eigenvalue weighted by molar-refractivity contribution is 7.99. The van der Waals surface area contributed by atoms with E-state index in [4.69, 9.17) is 0 Å². The number of amides is 2. The lowest BCUT2D eigenvalue weighted by Crippen LogP contribution is -2.34. The summed E-state index contributed by atoms with van der Waals surface area (Å²) in [6.45, 7) is 0.894. The van der Waals surface area contributed by atoms with Crippen molar-refractivity contribution in [2.75, 3.05) is 24.2 Å². The number of nitrogens with one attached hydrogen (secondary N) is 2. The normalized spacial score (nSPS) is 11.5. The molecular formula is C18H19F2N3O4S2. The number of alkyl halides is 2. The van der Waals surface area contributed by atoms with Crippen LogP contribution in [0.2, 0.25) is 0 Å². The number of benzene rings is 2. The van der Waals surface area contributed by atoms with Gasteiger partial charge in [0.1, 0.15) is 0 Å². The minimum Gasteiger partial charge on any atom is -0.326 e. The van der Waals surface area contributed by atoms with Crippen molar-refractivity contribution in [1.29, 1.82) is 0 Å². The van der Waals surface area contributed by atoms with Gasteiger partial charge in [-0.15, -0.1) is 0 Å². The van der Waals surface area contributed by atoms with Crippen LogP contribution in [0.5, 0.6) is 0 Å². The maximum atomic E-state index is 12.6. The number of rotatable bonds is 8. The van der Waals surface area contributed by atoms with Crippen LogP contribution in [0, 0.1) is 0 Å². The third-order valence-electron chi connectivity index (χ3n) is 3.61. The molecule has 0 bridgehead atoms. The molecule has 11 heteroatoms. The van der Waals surface area contributed by atoms with Gasteiger partial charge in [0.15, 0.2) is 0 Å². The van der Waals surface area contributed by atoms with Gasteiger partial charge in [-0.2, -0.15) is 13.1 Å². The quantitative estimate of drug-likeness (QED) is 0.611. The average Bonchev–Trinajstić information content (AvgIpc) is 2.62. The maximum absolute atomic E-state index is 12.6. The number of hydrogen-bond donors (Lipinski definition) is 2. The number of carbonyl (C=O) groups excluding carboxylic acids is 2. The Balaban J connectivity index is 1.99. The Morgan fingerprint density at radius 1 is 1.00 bits per heavy atom. The Morgan fingerprint density at radius 2 is 1.52 bits per heavy atom. The zero-order valence-corrected chi connectivity index (χ0v) is 17.2. The van der Waals surface area contributed by atoms with Crippen LogP contribution >= 0.6 is 11.8 Å². The van der Waals surface area contributed by atoms with Crippen LogP contribution in [-0.4, -0.2) is 43.9 Å². The number of anilines is 2. The second-order valence-corrected chi connectivity index (χ2v) is 9.03. The summed E-state index contributed by atoms with van der Waals surface area (Å²) >= 11 is 0.385. The van der Waals surface area contributed by atoms with Crippen LogP contribution in [0.1, 0.15) is 6.92 Å². The van der Waals surface area contributed by atoms with Gasteiger partial charge in [-0.05, 0) is 48.5 Å². The van der Waals surface area contributed by atoms with E-state index in [0.717, 1.165) is 4.31 Å². The molecular weight excluding hydrogens is 424 g/mol. The second-order valence-electron chi connectivity index (χ2n) is 5.92.